The summed E-state index contributed by atoms with van der Waals surface area (Å²) in [5.74, 6) is 0.532. The van der Waals surface area contributed by atoms with E-state index < -0.39 is 6.23 Å². The molecular formula is C26H18BrCl2N3O2. The van der Waals surface area contributed by atoms with Gasteiger partial charge in [0.05, 0.1) is 22.3 Å². The third-order valence-electron chi connectivity index (χ3n) is 6.33. The molecule has 0 saturated heterocycles. The highest BCUT2D eigenvalue weighted by Crippen LogP contribution is 2.51. The number of halogens is 3. The number of fused-ring (bicyclic) bond motifs is 4. The first-order chi connectivity index (χ1) is 16.4. The number of hydrazone groups is 1. The highest BCUT2D eigenvalue weighted by atomic mass is 79.9. The Morgan fingerprint density at radius 3 is 2.62 bits per heavy atom. The number of benzene rings is 3. The van der Waals surface area contributed by atoms with E-state index in [1.165, 1.54) is 0 Å². The van der Waals surface area contributed by atoms with Crippen molar-refractivity contribution in [3.63, 3.8) is 0 Å². The van der Waals surface area contributed by atoms with E-state index in [1.807, 2.05) is 65.8 Å². The number of hydrogen-bond acceptors (Lipinski definition) is 4. The standard InChI is InChI=1S/C26H18BrCl2N3O2/c1-14(33)31-13-20(18-4-2-3-5-23(18)31)26-32-24(19-10-17(28)11-21(29)25(19)34-26)12-22(30-32)15-6-8-16(27)9-7-15/h2-11,13,24,26H,12H2,1H3/t24-,26-/m1/s1. The van der Waals surface area contributed by atoms with Gasteiger partial charge in [-0.25, -0.2) is 5.01 Å². The van der Waals surface area contributed by atoms with Gasteiger partial charge in [-0.3, -0.25) is 9.36 Å². The number of nitrogens with zero attached hydrogens (tertiary/aromatic N) is 3. The first kappa shape index (κ1) is 21.7. The fourth-order valence-corrected chi connectivity index (χ4v) is 5.62. The monoisotopic (exact) mass is 553 g/mol. The SMILES string of the molecule is CC(=O)n1cc([C@H]2Oc3c(Cl)cc(Cl)cc3[C@H]3CC(c4ccc(Br)cc4)=NN32)c2ccccc21. The van der Waals surface area contributed by atoms with Crippen molar-refractivity contribution in [2.45, 2.75) is 25.6 Å². The molecule has 0 amide bonds. The summed E-state index contributed by atoms with van der Waals surface area (Å²) in [5.41, 5.74) is 4.57. The number of aromatic nitrogens is 1. The van der Waals surface area contributed by atoms with Crippen LogP contribution in [0.2, 0.25) is 10.0 Å². The fraction of sp³-hybridized carbons (Fsp3) is 0.154. The Bertz CT molecular complexity index is 1500. The van der Waals surface area contributed by atoms with Gasteiger partial charge in [-0.05, 0) is 35.9 Å². The smallest absolute Gasteiger partial charge is 0.227 e. The van der Waals surface area contributed by atoms with Gasteiger partial charge in [0.15, 0.2) is 0 Å². The molecule has 6 rings (SSSR count). The lowest BCUT2D eigenvalue weighted by Crippen LogP contribution is -2.33. The Morgan fingerprint density at radius 1 is 1.09 bits per heavy atom. The maximum absolute atomic E-state index is 12.4. The predicted molar refractivity (Wildman–Crippen MR) is 138 cm³/mol. The molecule has 5 nitrogen and oxygen atoms in total. The van der Waals surface area contributed by atoms with Crippen molar-refractivity contribution < 1.29 is 9.53 Å². The zero-order chi connectivity index (χ0) is 23.6. The minimum atomic E-state index is -0.561. The van der Waals surface area contributed by atoms with Crippen LogP contribution < -0.4 is 4.74 Å². The van der Waals surface area contributed by atoms with E-state index in [4.69, 9.17) is 33.0 Å². The minimum absolute atomic E-state index is 0.0690. The molecule has 0 bridgehead atoms. The number of para-hydroxylation sites is 1. The molecule has 0 N–H and O–H groups in total. The summed E-state index contributed by atoms with van der Waals surface area (Å²) in [6.07, 6.45) is 1.96. The fourth-order valence-electron chi connectivity index (χ4n) is 4.80. The van der Waals surface area contributed by atoms with Gasteiger partial charge in [0.1, 0.15) is 5.75 Å². The number of carbonyl (C=O) groups is 1. The van der Waals surface area contributed by atoms with Crippen molar-refractivity contribution in [3.05, 3.63) is 98.1 Å². The zero-order valence-electron chi connectivity index (χ0n) is 18.0. The third kappa shape index (κ3) is 3.44. The van der Waals surface area contributed by atoms with Gasteiger partial charge in [-0.15, -0.1) is 0 Å². The van der Waals surface area contributed by atoms with Crippen LogP contribution in [0.3, 0.4) is 0 Å². The molecule has 4 aromatic rings. The Kier molecular flexibility index (Phi) is 5.21. The molecule has 170 valence electrons. The van der Waals surface area contributed by atoms with Crippen molar-refractivity contribution in [2.24, 2.45) is 5.10 Å². The zero-order valence-corrected chi connectivity index (χ0v) is 21.1. The molecule has 1 aromatic heterocycles. The Morgan fingerprint density at radius 2 is 1.85 bits per heavy atom. The summed E-state index contributed by atoms with van der Waals surface area (Å²) in [5, 5.41) is 8.93. The summed E-state index contributed by atoms with van der Waals surface area (Å²) in [4.78, 5) is 12.4. The van der Waals surface area contributed by atoms with Crippen LogP contribution >= 0.6 is 39.1 Å². The van der Waals surface area contributed by atoms with Gasteiger partial charge in [0.2, 0.25) is 12.1 Å². The summed E-state index contributed by atoms with van der Waals surface area (Å²) in [6, 6.07) is 19.4. The lowest BCUT2D eigenvalue weighted by atomic mass is 9.96. The van der Waals surface area contributed by atoms with E-state index >= 15 is 0 Å². The maximum Gasteiger partial charge on any atom is 0.227 e. The van der Waals surface area contributed by atoms with Crippen LogP contribution in [0.4, 0.5) is 0 Å². The highest BCUT2D eigenvalue weighted by molar-refractivity contribution is 9.10. The minimum Gasteiger partial charge on any atom is -0.463 e. The number of ether oxygens (including phenoxy) is 1. The van der Waals surface area contributed by atoms with Crippen LogP contribution in [0.15, 0.2) is 76.4 Å². The van der Waals surface area contributed by atoms with Crippen molar-refractivity contribution in [1.82, 2.24) is 9.58 Å². The normalized spacial score (nSPS) is 18.9. The molecule has 0 aliphatic carbocycles. The quantitative estimate of drug-likeness (QED) is 0.256. The molecule has 2 aliphatic heterocycles. The van der Waals surface area contributed by atoms with Crippen LogP contribution in [0.25, 0.3) is 10.9 Å². The Hall–Kier alpha value is -2.80. The largest absolute Gasteiger partial charge is 0.463 e. The van der Waals surface area contributed by atoms with Crippen molar-refractivity contribution in [2.75, 3.05) is 0 Å². The first-order valence-corrected chi connectivity index (χ1v) is 12.3. The van der Waals surface area contributed by atoms with Gasteiger partial charge in [0.25, 0.3) is 0 Å². The number of rotatable bonds is 2. The van der Waals surface area contributed by atoms with Crippen molar-refractivity contribution in [1.29, 1.82) is 0 Å². The molecule has 0 unspecified atom stereocenters. The van der Waals surface area contributed by atoms with E-state index in [-0.39, 0.29) is 11.9 Å². The molecule has 3 heterocycles. The van der Waals surface area contributed by atoms with Gasteiger partial charge in [-0.1, -0.05) is 69.5 Å². The van der Waals surface area contributed by atoms with Crippen LogP contribution in [0.1, 0.15) is 47.1 Å². The Balaban J connectivity index is 1.54. The van der Waals surface area contributed by atoms with Crippen LogP contribution in [-0.4, -0.2) is 21.2 Å². The molecule has 0 spiro atoms. The van der Waals surface area contributed by atoms with Crippen LogP contribution in [0, 0.1) is 0 Å². The van der Waals surface area contributed by atoms with Gasteiger partial charge in [0, 0.05) is 45.5 Å². The topological polar surface area (TPSA) is 46.8 Å². The summed E-state index contributed by atoms with van der Waals surface area (Å²) in [6.45, 7) is 1.55. The second kappa shape index (κ2) is 8.15. The van der Waals surface area contributed by atoms with Crippen LogP contribution in [0.5, 0.6) is 5.75 Å². The van der Waals surface area contributed by atoms with E-state index in [0.29, 0.717) is 22.2 Å². The first-order valence-electron chi connectivity index (χ1n) is 10.8. The average Bonchev–Trinajstić information content (AvgIpc) is 3.42. The number of carbonyl (C=O) groups excluding carboxylic acids is 1. The molecule has 2 atom stereocenters. The molecule has 2 aliphatic rings. The predicted octanol–water partition coefficient (Wildman–Crippen LogP) is 7.61. The molecule has 8 heteroatoms. The molecule has 0 fully saturated rings. The maximum atomic E-state index is 12.4. The van der Waals surface area contributed by atoms with Gasteiger partial charge < -0.3 is 4.74 Å². The third-order valence-corrected chi connectivity index (χ3v) is 7.36. The molecular weight excluding hydrogens is 537 g/mol. The second-order valence-electron chi connectivity index (χ2n) is 8.42. The lowest BCUT2D eigenvalue weighted by molar-refractivity contribution is -0.0180. The lowest BCUT2D eigenvalue weighted by Gasteiger charge is -2.38. The summed E-state index contributed by atoms with van der Waals surface area (Å²) >= 11 is 16.5. The second-order valence-corrected chi connectivity index (χ2v) is 10.2. The van der Waals surface area contributed by atoms with Crippen LogP contribution in [-0.2, 0) is 0 Å². The highest BCUT2D eigenvalue weighted by Gasteiger charge is 2.43. The molecule has 34 heavy (non-hydrogen) atoms. The number of hydrogen-bond donors (Lipinski definition) is 0. The molecule has 3 aromatic carbocycles. The van der Waals surface area contributed by atoms with E-state index in [1.54, 1.807) is 17.6 Å². The van der Waals surface area contributed by atoms with Crippen molar-refractivity contribution >= 4 is 61.7 Å². The van der Waals surface area contributed by atoms with Gasteiger partial charge >= 0.3 is 0 Å². The summed E-state index contributed by atoms with van der Waals surface area (Å²) in [7, 11) is 0. The van der Waals surface area contributed by atoms with E-state index in [0.717, 1.165) is 37.8 Å². The molecule has 0 radical (unpaired) electrons. The van der Waals surface area contributed by atoms with Crippen molar-refractivity contribution in [3.8, 4) is 5.75 Å². The van der Waals surface area contributed by atoms with Gasteiger partial charge in [-0.2, -0.15) is 5.10 Å². The summed E-state index contributed by atoms with van der Waals surface area (Å²) < 4.78 is 9.18. The van der Waals surface area contributed by atoms with E-state index in [2.05, 4.69) is 15.9 Å². The Labute approximate surface area is 214 Å². The van der Waals surface area contributed by atoms with E-state index in [9.17, 15) is 4.79 Å². The average molecular weight is 555 g/mol. The molecule has 0 saturated carbocycles.